The van der Waals surface area contributed by atoms with Crippen LogP contribution in [0.1, 0.15) is 6.42 Å². The van der Waals surface area contributed by atoms with Crippen molar-refractivity contribution < 1.29 is 18.7 Å². The summed E-state index contributed by atoms with van der Waals surface area (Å²) in [7, 11) is 1.40. The van der Waals surface area contributed by atoms with E-state index in [1.165, 1.54) is 31.4 Å². The maximum atomic E-state index is 12.8. The van der Waals surface area contributed by atoms with E-state index in [-0.39, 0.29) is 23.6 Å². The molecule has 1 aliphatic heterocycles. The number of halogens is 1. The fourth-order valence-corrected chi connectivity index (χ4v) is 3.48. The highest BCUT2D eigenvalue weighted by molar-refractivity contribution is 7.99. The van der Waals surface area contributed by atoms with E-state index in [1.807, 2.05) is 0 Å². The van der Waals surface area contributed by atoms with E-state index >= 15 is 0 Å². The molecule has 1 fully saturated rings. The molecule has 0 spiro atoms. The second-order valence-corrected chi connectivity index (χ2v) is 6.55. The van der Waals surface area contributed by atoms with Crippen LogP contribution in [0.3, 0.4) is 0 Å². The Bertz CT molecular complexity index is 539. The van der Waals surface area contributed by atoms with E-state index < -0.39 is 0 Å². The molecule has 23 heavy (non-hydrogen) atoms. The number of hydrogen-bond donors (Lipinski definition) is 1. The molecular formula is C16H21FN2O3S. The van der Waals surface area contributed by atoms with Crippen molar-refractivity contribution >= 4 is 29.3 Å². The number of amides is 1. The number of ether oxygens (including phenoxy) is 1. The molecule has 0 aliphatic carbocycles. The van der Waals surface area contributed by atoms with Gasteiger partial charge >= 0.3 is 5.97 Å². The van der Waals surface area contributed by atoms with Gasteiger partial charge in [0.25, 0.3) is 0 Å². The summed E-state index contributed by atoms with van der Waals surface area (Å²) in [5, 5.41) is 2.74. The molecule has 126 valence electrons. The molecule has 1 saturated heterocycles. The van der Waals surface area contributed by atoms with Crippen molar-refractivity contribution in [3.8, 4) is 0 Å². The lowest BCUT2D eigenvalue weighted by atomic mass is 10.1. The molecule has 0 radical (unpaired) electrons. The van der Waals surface area contributed by atoms with Crippen LogP contribution in [0.2, 0.25) is 0 Å². The summed E-state index contributed by atoms with van der Waals surface area (Å²) in [6.07, 6.45) is 0.329. The highest BCUT2D eigenvalue weighted by atomic mass is 32.2. The van der Waals surface area contributed by atoms with Gasteiger partial charge in [0, 0.05) is 43.2 Å². The first-order chi connectivity index (χ1) is 11.1. The average Bonchev–Trinajstić information content (AvgIpc) is 2.80. The number of thioether (sulfide) groups is 1. The Hall–Kier alpha value is -1.60. The molecule has 0 aromatic heterocycles. The SMILES string of the molecule is COC(=O)[C@H]1CSCCN(CCC(=O)Nc2ccc(F)cc2)C1. The topological polar surface area (TPSA) is 58.6 Å². The van der Waals surface area contributed by atoms with Crippen molar-refractivity contribution in [2.75, 3.05) is 43.6 Å². The second-order valence-electron chi connectivity index (χ2n) is 5.40. The predicted molar refractivity (Wildman–Crippen MR) is 88.9 cm³/mol. The molecule has 1 aromatic rings. The number of carbonyl (C=O) groups is 2. The highest BCUT2D eigenvalue weighted by Gasteiger charge is 2.25. The summed E-state index contributed by atoms with van der Waals surface area (Å²) in [4.78, 5) is 25.8. The Morgan fingerprint density at radius 3 is 2.83 bits per heavy atom. The van der Waals surface area contributed by atoms with Crippen molar-refractivity contribution in [2.45, 2.75) is 6.42 Å². The monoisotopic (exact) mass is 340 g/mol. The van der Waals surface area contributed by atoms with Gasteiger partial charge in [-0.2, -0.15) is 11.8 Å². The van der Waals surface area contributed by atoms with Crippen LogP contribution in [0.15, 0.2) is 24.3 Å². The smallest absolute Gasteiger partial charge is 0.310 e. The maximum Gasteiger partial charge on any atom is 0.310 e. The second kappa shape index (κ2) is 8.88. The summed E-state index contributed by atoms with van der Waals surface area (Å²) < 4.78 is 17.6. The minimum Gasteiger partial charge on any atom is -0.469 e. The van der Waals surface area contributed by atoms with Gasteiger partial charge in [0.2, 0.25) is 5.91 Å². The fraction of sp³-hybridized carbons (Fsp3) is 0.500. The normalized spacial score (nSPS) is 19.0. The summed E-state index contributed by atoms with van der Waals surface area (Å²) in [5.74, 6) is 0.896. The van der Waals surface area contributed by atoms with Crippen LogP contribution in [0, 0.1) is 11.7 Å². The Balaban J connectivity index is 1.80. The first-order valence-electron chi connectivity index (χ1n) is 7.52. The summed E-state index contributed by atoms with van der Waals surface area (Å²) in [6, 6.07) is 5.68. The largest absolute Gasteiger partial charge is 0.469 e. The molecule has 0 unspecified atom stereocenters. The molecule has 1 atom stereocenters. The van der Waals surface area contributed by atoms with Gasteiger partial charge in [-0.25, -0.2) is 4.39 Å². The van der Waals surface area contributed by atoms with Gasteiger partial charge in [0.15, 0.2) is 0 Å². The van der Waals surface area contributed by atoms with Crippen LogP contribution in [-0.2, 0) is 14.3 Å². The number of nitrogens with one attached hydrogen (secondary N) is 1. The van der Waals surface area contributed by atoms with Crippen molar-refractivity contribution in [1.82, 2.24) is 4.90 Å². The van der Waals surface area contributed by atoms with Gasteiger partial charge < -0.3 is 15.0 Å². The number of anilines is 1. The average molecular weight is 340 g/mol. The van der Waals surface area contributed by atoms with Gasteiger partial charge in [-0.15, -0.1) is 0 Å². The van der Waals surface area contributed by atoms with Crippen molar-refractivity contribution in [2.24, 2.45) is 5.92 Å². The molecule has 1 aromatic carbocycles. The lowest BCUT2D eigenvalue weighted by Gasteiger charge is -2.22. The molecule has 2 rings (SSSR count). The first kappa shape index (κ1) is 17.7. The summed E-state index contributed by atoms with van der Waals surface area (Å²) >= 11 is 1.73. The first-order valence-corrected chi connectivity index (χ1v) is 8.67. The quantitative estimate of drug-likeness (QED) is 0.831. The number of hydrogen-bond acceptors (Lipinski definition) is 5. The van der Waals surface area contributed by atoms with Gasteiger partial charge in [0.1, 0.15) is 5.82 Å². The van der Waals surface area contributed by atoms with Crippen LogP contribution < -0.4 is 5.32 Å². The van der Waals surface area contributed by atoms with E-state index in [2.05, 4.69) is 10.2 Å². The van der Waals surface area contributed by atoms with E-state index in [1.54, 1.807) is 11.8 Å². The Kier molecular flexibility index (Phi) is 6.85. The lowest BCUT2D eigenvalue weighted by molar-refractivity contribution is -0.145. The van der Waals surface area contributed by atoms with Gasteiger partial charge in [-0.3, -0.25) is 9.59 Å². The zero-order chi connectivity index (χ0) is 16.7. The Morgan fingerprint density at radius 2 is 2.13 bits per heavy atom. The van der Waals surface area contributed by atoms with Crippen molar-refractivity contribution in [3.63, 3.8) is 0 Å². The fourth-order valence-electron chi connectivity index (χ4n) is 2.40. The zero-order valence-electron chi connectivity index (χ0n) is 13.1. The third kappa shape index (κ3) is 5.84. The highest BCUT2D eigenvalue weighted by Crippen LogP contribution is 2.17. The van der Waals surface area contributed by atoms with Crippen LogP contribution in [-0.4, -0.2) is 55.0 Å². The molecule has 0 bridgehead atoms. The van der Waals surface area contributed by atoms with Gasteiger partial charge in [0.05, 0.1) is 13.0 Å². The minimum absolute atomic E-state index is 0.122. The number of methoxy groups -OCH3 is 1. The molecular weight excluding hydrogens is 319 g/mol. The van der Waals surface area contributed by atoms with Gasteiger partial charge in [-0.05, 0) is 24.3 Å². The molecule has 7 heteroatoms. The standard InChI is InChI=1S/C16H21FN2O3S/c1-22-16(21)12-10-19(8-9-23-11-12)7-6-15(20)18-14-4-2-13(17)3-5-14/h2-5,12H,6-11H2,1H3,(H,18,20)/t12-/m1/s1. The molecule has 1 aliphatic rings. The van der Waals surface area contributed by atoms with Crippen molar-refractivity contribution in [1.29, 1.82) is 0 Å². The molecule has 1 N–H and O–H groups in total. The lowest BCUT2D eigenvalue weighted by Crippen LogP contribution is -2.36. The van der Waals surface area contributed by atoms with Crippen LogP contribution in [0.4, 0.5) is 10.1 Å². The third-order valence-electron chi connectivity index (χ3n) is 3.67. The van der Waals surface area contributed by atoms with Crippen LogP contribution >= 0.6 is 11.8 Å². The van der Waals surface area contributed by atoms with Crippen LogP contribution in [0.25, 0.3) is 0 Å². The van der Waals surface area contributed by atoms with E-state index in [9.17, 15) is 14.0 Å². The Morgan fingerprint density at radius 1 is 1.39 bits per heavy atom. The number of rotatable bonds is 5. The Labute approximate surface area is 139 Å². The zero-order valence-corrected chi connectivity index (χ0v) is 13.9. The van der Waals surface area contributed by atoms with E-state index in [0.29, 0.717) is 25.2 Å². The van der Waals surface area contributed by atoms with Crippen molar-refractivity contribution in [3.05, 3.63) is 30.1 Å². The van der Waals surface area contributed by atoms with E-state index in [0.717, 1.165) is 18.1 Å². The van der Waals surface area contributed by atoms with E-state index in [4.69, 9.17) is 4.74 Å². The number of nitrogens with zero attached hydrogens (tertiary/aromatic N) is 1. The van der Waals surface area contributed by atoms with Gasteiger partial charge in [-0.1, -0.05) is 0 Å². The summed E-state index contributed by atoms with van der Waals surface area (Å²) in [5.41, 5.74) is 0.579. The molecule has 1 heterocycles. The predicted octanol–water partition coefficient (Wildman–Crippen LogP) is 1.99. The number of carbonyl (C=O) groups excluding carboxylic acids is 2. The van der Waals surface area contributed by atoms with Crippen LogP contribution in [0.5, 0.6) is 0 Å². The molecule has 1 amide bonds. The third-order valence-corrected chi connectivity index (χ3v) is 4.78. The summed E-state index contributed by atoms with van der Waals surface area (Å²) in [6.45, 7) is 2.05. The minimum atomic E-state index is -0.334. The number of benzene rings is 1. The maximum absolute atomic E-state index is 12.8. The molecule has 5 nitrogen and oxygen atoms in total. The number of esters is 1. The molecule has 0 saturated carbocycles.